The summed E-state index contributed by atoms with van der Waals surface area (Å²) in [4.78, 5) is 3.85. The van der Waals surface area contributed by atoms with E-state index in [-0.39, 0.29) is 17.1 Å². The van der Waals surface area contributed by atoms with Gasteiger partial charge in [-0.2, -0.15) is 13.2 Å². The zero-order valence-corrected chi connectivity index (χ0v) is 10.9. The molecule has 2 heterocycles. The van der Waals surface area contributed by atoms with Crippen LogP contribution in [-0.4, -0.2) is 10.1 Å². The van der Waals surface area contributed by atoms with Gasteiger partial charge in [0.15, 0.2) is 0 Å². The number of hydrogen-bond acceptors (Lipinski definition) is 3. The summed E-state index contributed by atoms with van der Waals surface area (Å²) in [5.41, 5.74) is -0.514. The van der Waals surface area contributed by atoms with E-state index in [0.29, 0.717) is 16.5 Å². The maximum absolute atomic E-state index is 12.8. The lowest BCUT2D eigenvalue weighted by Gasteiger charge is -2.07. The molecule has 0 bridgehead atoms. The Labute approximate surface area is 117 Å². The molecule has 0 aliphatic rings. The molecule has 0 unspecified atom stereocenters. The molecule has 1 aromatic carbocycles. The fourth-order valence-electron chi connectivity index (χ4n) is 2.25. The van der Waals surface area contributed by atoms with Crippen LogP contribution in [0.1, 0.15) is 11.3 Å². The summed E-state index contributed by atoms with van der Waals surface area (Å²) in [7, 11) is 0. The first-order valence-electron chi connectivity index (χ1n) is 6.11. The minimum absolute atomic E-state index is 0.128. The van der Waals surface area contributed by atoms with Crippen LogP contribution in [0.5, 0.6) is 5.75 Å². The molecule has 108 valence electrons. The minimum Gasteiger partial charge on any atom is -0.506 e. The minimum atomic E-state index is -4.43. The average Bonchev–Trinajstić information content (AvgIpc) is 2.77. The van der Waals surface area contributed by atoms with E-state index in [9.17, 15) is 18.3 Å². The van der Waals surface area contributed by atoms with Gasteiger partial charge in [-0.25, -0.2) is 0 Å². The highest BCUT2D eigenvalue weighted by Gasteiger charge is 2.31. The first kappa shape index (κ1) is 13.5. The fraction of sp³-hybridized carbons (Fsp3) is 0.133. The topological polar surface area (TPSA) is 46.3 Å². The highest BCUT2D eigenvalue weighted by molar-refractivity contribution is 5.99. The Morgan fingerprint density at radius 1 is 1.19 bits per heavy atom. The SMILES string of the molecule is Cc1oc(-c2cccc(C(F)(F)F)c2)c2c(O)cncc12. The Kier molecular flexibility index (Phi) is 2.90. The van der Waals surface area contributed by atoms with Gasteiger partial charge in [0.25, 0.3) is 0 Å². The molecular formula is C15H10F3NO2. The Hall–Kier alpha value is -2.50. The van der Waals surface area contributed by atoms with Crippen LogP contribution < -0.4 is 0 Å². The van der Waals surface area contributed by atoms with Crippen LogP contribution in [0.4, 0.5) is 13.2 Å². The molecule has 0 aliphatic heterocycles. The van der Waals surface area contributed by atoms with Crippen LogP contribution in [0.25, 0.3) is 22.1 Å². The van der Waals surface area contributed by atoms with Crippen LogP contribution in [0.15, 0.2) is 41.1 Å². The number of pyridine rings is 1. The molecule has 3 nitrogen and oxygen atoms in total. The number of rotatable bonds is 1. The lowest BCUT2D eigenvalue weighted by atomic mass is 10.1. The summed E-state index contributed by atoms with van der Waals surface area (Å²) >= 11 is 0. The monoisotopic (exact) mass is 293 g/mol. The molecule has 0 amide bonds. The van der Waals surface area contributed by atoms with Gasteiger partial charge in [0.05, 0.1) is 17.1 Å². The van der Waals surface area contributed by atoms with E-state index in [1.807, 2.05) is 0 Å². The van der Waals surface area contributed by atoms with Crippen molar-refractivity contribution in [1.29, 1.82) is 0 Å². The molecule has 6 heteroatoms. The second kappa shape index (κ2) is 4.51. The zero-order chi connectivity index (χ0) is 15.2. The molecule has 0 fully saturated rings. The number of fused-ring (bicyclic) bond motifs is 1. The van der Waals surface area contributed by atoms with Gasteiger partial charge in [0.1, 0.15) is 17.3 Å². The van der Waals surface area contributed by atoms with E-state index in [2.05, 4.69) is 4.98 Å². The Bertz CT molecular complexity index is 821. The Morgan fingerprint density at radius 3 is 2.67 bits per heavy atom. The molecule has 21 heavy (non-hydrogen) atoms. The summed E-state index contributed by atoms with van der Waals surface area (Å²) in [6.45, 7) is 1.67. The number of aromatic hydroxyl groups is 1. The molecule has 0 aliphatic carbocycles. The highest BCUT2D eigenvalue weighted by Crippen LogP contribution is 2.39. The normalized spacial score (nSPS) is 12.0. The third-order valence-corrected chi connectivity index (χ3v) is 3.24. The quantitative estimate of drug-likeness (QED) is 0.717. The number of aryl methyl sites for hydroxylation is 1. The third-order valence-electron chi connectivity index (χ3n) is 3.24. The number of benzene rings is 1. The average molecular weight is 293 g/mol. The number of furan rings is 1. The number of alkyl halides is 3. The molecule has 0 radical (unpaired) electrons. The highest BCUT2D eigenvalue weighted by atomic mass is 19.4. The van der Waals surface area contributed by atoms with Crippen LogP contribution in [-0.2, 0) is 6.18 Å². The number of nitrogens with zero attached hydrogens (tertiary/aromatic N) is 1. The van der Waals surface area contributed by atoms with Gasteiger partial charge in [-0.1, -0.05) is 12.1 Å². The molecular weight excluding hydrogens is 283 g/mol. The predicted octanol–water partition coefficient (Wildman–Crippen LogP) is 4.53. The first-order valence-corrected chi connectivity index (χ1v) is 6.11. The number of hydrogen-bond donors (Lipinski definition) is 1. The van der Waals surface area contributed by atoms with E-state index < -0.39 is 11.7 Å². The largest absolute Gasteiger partial charge is 0.506 e. The lowest BCUT2D eigenvalue weighted by molar-refractivity contribution is -0.137. The Balaban J connectivity index is 2.27. The first-order chi connectivity index (χ1) is 9.88. The standard InChI is InChI=1S/C15H10F3NO2/c1-8-11-6-19-7-12(20)13(11)14(21-8)9-3-2-4-10(5-9)15(16,17)18/h2-7,20H,1H3. The van der Waals surface area contributed by atoms with E-state index >= 15 is 0 Å². The summed E-state index contributed by atoms with van der Waals surface area (Å²) in [6.07, 6.45) is -1.70. The molecule has 0 atom stereocenters. The van der Waals surface area contributed by atoms with E-state index in [1.54, 1.807) is 6.92 Å². The Morgan fingerprint density at radius 2 is 1.95 bits per heavy atom. The summed E-state index contributed by atoms with van der Waals surface area (Å²) in [6, 6.07) is 4.80. The fourth-order valence-corrected chi connectivity index (χ4v) is 2.25. The van der Waals surface area contributed by atoms with Gasteiger partial charge in [0, 0.05) is 17.1 Å². The number of halogens is 3. The van der Waals surface area contributed by atoms with Crippen molar-refractivity contribution >= 4 is 10.8 Å². The van der Waals surface area contributed by atoms with E-state index in [1.165, 1.54) is 24.5 Å². The zero-order valence-electron chi connectivity index (χ0n) is 10.9. The van der Waals surface area contributed by atoms with Crippen LogP contribution in [0.3, 0.4) is 0 Å². The van der Waals surface area contributed by atoms with Gasteiger partial charge < -0.3 is 9.52 Å². The molecule has 3 rings (SSSR count). The molecule has 0 spiro atoms. The maximum Gasteiger partial charge on any atom is 0.416 e. The molecule has 1 N–H and O–H groups in total. The van der Waals surface area contributed by atoms with Crippen molar-refractivity contribution in [3.05, 3.63) is 48.0 Å². The van der Waals surface area contributed by atoms with Gasteiger partial charge in [-0.05, 0) is 19.1 Å². The van der Waals surface area contributed by atoms with E-state index in [4.69, 9.17) is 4.42 Å². The predicted molar refractivity (Wildman–Crippen MR) is 70.8 cm³/mol. The van der Waals surface area contributed by atoms with Crippen molar-refractivity contribution in [2.75, 3.05) is 0 Å². The summed E-state index contributed by atoms with van der Waals surface area (Å²) in [5.74, 6) is 0.561. The molecule has 0 saturated heterocycles. The molecule has 3 aromatic rings. The maximum atomic E-state index is 12.8. The van der Waals surface area contributed by atoms with Crippen LogP contribution >= 0.6 is 0 Å². The summed E-state index contributed by atoms with van der Waals surface area (Å²) in [5, 5.41) is 10.8. The number of aromatic nitrogens is 1. The van der Waals surface area contributed by atoms with Gasteiger partial charge in [0.2, 0.25) is 0 Å². The third kappa shape index (κ3) is 2.22. The van der Waals surface area contributed by atoms with E-state index in [0.717, 1.165) is 12.1 Å². The lowest BCUT2D eigenvalue weighted by Crippen LogP contribution is -2.04. The van der Waals surface area contributed by atoms with Gasteiger partial charge >= 0.3 is 6.18 Å². The summed E-state index contributed by atoms with van der Waals surface area (Å²) < 4.78 is 43.9. The molecule has 2 aromatic heterocycles. The second-order valence-electron chi connectivity index (χ2n) is 4.65. The van der Waals surface area contributed by atoms with Crippen molar-refractivity contribution in [3.8, 4) is 17.1 Å². The van der Waals surface area contributed by atoms with Crippen molar-refractivity contribution < 1.29 is 22.7 Å². The second-order valence-corrected chi connectivity index (χ2v) is 4.65. The van der Waals surface area contributed by atoms with Gasteiger partial charge in [-0.3, -0.25) is 4.98 Å². The van der Waals surface area contributed by atoms with Crippen LogP contribution in [0.2, 0.25) is 0 Å². The van der Waals surface area contributed by atoms with Crippen molar-refractivity contribution in [3.63, 3.8) is 0 Å². The van der Waals surface area contributed by atoms with Crippen LogP contribution in [0, 0.1) is 6.92 Å². The smallest absolute Gasteiger partial charge is 0.416 e. The van der Waals surface area contributed by atoms with Crippen molar-refractivity contribution in [2.24, 2.45) is 0 Å². The molecule has 0 saturated carbocycles. The van der Waals surface area contributed by atoms with Gasteiger partial charge in [-0.15, -0.1) is 0 Å². The van der Waals surface area contributed by atoms with Crippen molar-refractivity contribution in [1.82, 2.24) is 4.98 Å². The van der Waals surface area contributed by atoms with Crippen molar-refractivity contribution in [2.45, 2.75) is 13.1 Å².